The highest BCUT2D eigenvalue weighted by Gasteiger charge is 2.11. The molecule has 0 saturated carbocycles. The molecule has 1 heterocycles. The Morgan fingerprint density at radius 3 is 2.38 bits per heavy atom. The second-order valence-corrected chi connectivity index (χ2v) is 7.65. The van der Waals surface area contributed by atoms with E-state index in [1.807, 2.05) is 57.2 Å². The Morgan fingerprint density at radius 2 is 1.72 bits per heavy atom. The fraction of sp³-hybridized carbons (Fsp3) is 0.240. The van der Waals surface area contributed by atoms with Gasteiger partial charge in [0.1, 0.15) is 0 Å². The van der Waals surface area contributed by atoms with Crippen LogP contribution in [0.3, 0.4) is 0 Å². The molecule has 0 radical (unpaired) electrons. The zero-order valence-electron chi connectivity index (χ0n) is 19.0. The van der Waals surface area contributed by atoms with Gasteiger partial charge in [0.15, 0.2) is 0 Å². The summed E-state index contributed by atoms with van der Waals surface area (Å²) in [6, 6.07) is 15.2. The van der Waals surface area contributed by atoms with Crippen LogP contribution in [0.15, 0.2) is 53.6 Å². The number of methoxy groups -OCH3 is 1. The quantitative estimate of drug-likeness (QED) is 0.335. The maximum absolute atomic E-state index is 12.1. The van der Waals surface area contributed by atoms with Crippen LogP contribution in [0.2, 0.25) is 0 Å². The number of nitrogens with one attached hydrogen (secondary N) is 2. The Kier molecular flexibility index (Phi) is 7.10. The molecule has 7 nitrogen and oxygen atoms in total. The fourth-order valence-corrected chi connectivity index (χ4v) is 3.43. The molecule has 1 amide bonds. The minimum absolute atomic E-state index is 0.130. The van der Waals surface area contributed by atoms with E-state index in [1.54, 1.807) is 18.3 Å². The maximum Gasteiger partial charge on any atom is 0.337 e. The van der Waals surface area contributed by atoms with Crippen molar-refractivity contribution in [1.82, 2.24) is 9.99 Å². The van der Waals surface area contributed by atoms with E-state index in [0.717, 1.165) is 28.3 Å². The van der Waals surface area contributed by atoms with Crippen molar-refractivity contribution < 1.29 is 14.3 Å². The molecule has 0 aliphatic rings. The number of anilines is 1. The van der Waals surface area contributed by atoms with Crippen molar-refractivity contribution in [1.29, 1.82) is 0 Å². The number of aromatic nitrogens is 1. The zero-order chi connectivity index (χ0) is 23.3. The van der Waals surface area contributed by atoms with Gasteiger partial charge in [-0.25, -0.2) is 10.2 Å². The highest BCUT2D eigenvalue weighted by atomic mass is 16.5. The average Bonchev–Trinajstić information content (AvgIpc) is 3.07. The van der Waals surface area contributed by atoms with E-state index in [0.29, 0.717) is 5.56 Å². The van der Waals surface area contributed by atoms with Gasteiger partial charge in [-0.05, 0) is 81.3 Å². The van der Waals surface area contributed by atoms with E-state index < -0.39 is 0 Å². The summed E-state index contributed by atoms with van der Waals surface area (Å²) in [6.45, 7) is 8.19. The minimum Gasteiger partial charge on any atom is -0.465 e. The van der Waals surface area contributed by atoms with Crippen molar-refractivity contribution in [3.8, 4) is 5.69 Å². The van der Waals surface area contributed by atoms with Crippen LogP contribution in [0.25, 0.3) is 5.69 Å². The summed E-state index contributed by atoms with van der Waals surface area (Å²) in [5, 5.41) is 7.20. The van der Waals surface area contributed by atoms with Gasteiger partial charge in [-0.15, -0.1) is 0 Å². The van der Waals surface area contributed by atoms with E-state index in [4.69, 9.17) is 4.74 Å². The van der Waals surface area contributed by atoms with Gasteiger partial charge in [-0.3, -0.25) is 4.79 Å². The SMILES string of the molecule is COC(=O)c1ccc(-n2c(C)cc(/C=N\NC(=O)CNc3ccc(C)c(C)c3)c2C)cc1. The summed E-state index contributed by atoms with van der Waals surface area (Å²) in [5.74, 6) is -0.597. The molecule has 2 aromatic carbocycles. The number of esters is 1. The van der Waals surface area contributed by atoms with Crippen LogP contribution >= 0.6 is 0 Å². The summed E-state index contributed by atoms with van der Waals surface area (Å²) in [6.07, 6.45) is 1.63. The molecule has 0 unspecified atom stereocenters. The third kappa shape index (κ3) is 5.24. The standard InChI is InChI=1S/C25H28N4O3/c1-16-6-9-22(12-17(16)2)26-15-24(30)28-27-14-21-13-18(3)29(19(21)4)23-10-7-20(8-11-23)25(31)32-5/h6-14,26H,15H2,1-5H3,(H,28,30)/b27-14-. The lowest BCUT2D eigenvalue weighted by molar-refractivity contribution is -0.119. The first kappa shape index (κ1) is 22.8. The normalized spacial score (nSPS) is 10.9. The highest BCUT2D eigenvalue weighted by molar-refractivity contribution is 5.89. The number of hydrazone groups is 1. The second-order valence-electron chi connectivity index (χ2n) is 7.65. The van der Waals surface area contributed by atoms with Crippen LogP contribution in [0, 0.1) is 27.7 Å². The molecule has 0 aliphatic heterocycles. The van der Waals surface area contributed by atoms with Gasteiger partial charge in [0.05, 0.1) is 25.4 Å². The highest BCUT2D eigenvalue weighted by Crippen LogP contribution is 2.20. The number of hydrogen-bond donors (Lipinski definition) is 2. The molecular formula is C25H28N4O3. The monoisotopic (exact) mass is 432 g/mol. The summed E-state index contributed by atoms with van der Waals surface area (Å²) in [5.41, 5.74) is 10.1. The van der Waals surface area contributed by atoms with E-state index >= 15 is 0 Å². The van der Waals surface area contributed by atoms with Crippen molar-refractivity contribution in [3.05, 3.63) is 82.2 Å². The van der Waals surface area contributed by atoms with Crippen LogP contribution in [-0.2, 0) is 9.53 Å². The van der Waals surface area contributed by atoms with Gasteiger partial charge >= 0.3 is 5.97 Å². The van der Waals surface area contributed by atoms with Gasteiger partial charge in [-0.1, -0.05) is 6.07 Å². The van der Waals surface area contributed by atoms with Crippen molar-refractivity contribution >= 4 is 23.8 Å². The molecule has 3 rings (SSSR count). The summed E-state index contributed by atoms with van der Waals surface area (Å²) in [7, 11) is 1.36. The number of carbonyl (C=O) groups excluding carboxylic acids is 2. The molecule has 0 atom stereocenters. The minimum atomic E-state index is -0.368. The van der Waals surface area contributed by atoms with E-state index in [1.165, 1.54) is 18.2 Å². The third-order valence-corrected chi connectivity index (χ3v) is 5.37. The Hall–Kier alpha value is -3.87. The number of ether oxygens (including phenoxy) is 1. The largest absolute Gasteiger partial charge is 0.465 e. The van der Waals surface area contributed by atoms with Gasteiger partial charge in [0.2, 0.25) is 0 Å². The smallest absolute Gasteiger partial charge is 0.337 e. The number of carbonyl (C=O) groups is 2. The molecule has 2 N–H and O–H groups in total. The Balaban J connectivity index is 1.63. The van der Waals surface area contributed by atoms with Crippen LogP contribution in [0.1, 0.15) is 38.4 Å². The summed E-state index contributed by atoms with van der Waals surface area (Å²) < 4.78 is 6.81. The first-order valence-electron chi connectivity index (χ1n) is 10.3. The second kappa shape index (κ2) is 9.96. The number of aryl methyl sites for hydroxylation is 3. The summed E-state index contributed by atoms with van der Waals surface area (Å²) in [4.78, 5) is 23.8. The molecule has 0 spiro atoms. The molecular weight excluding hydrogens is 404 g/mol. The Bertz CT molecular complexity index is 1160. The number of hydrogen-bond acceptors (Lipinski definition) is 5. The maximum atomic E-state index is 12.1. The Labute approximate surface area is 188 Å². The molecule has 1 aromatic heterocycles. The van der Waals surface area contributed by atoms with Crippen molar-refractivity contribution in [2.45, 2.75) is 27.7 Å². The lowest BCUT2D eigenvalue weighted by Crippen LogP contribution is -2.25. The van der Waals surface area contributed by atoms with Gasteiger partial charge in [0, 0.05) is 28.3 Å². The molecule has 0 fully saturated rings. The number of amides is 1. The molecule has 3 aromatic rings. The van der Waals surface area contributed by atoms with Crippen LogP contribution in [0.4, 0.5) is 5.69 Å². The van der Waals surface area contributed by atoms with E-state index in [2.05, 4.69) is 27.3 Å². The topological polar surface area (TPSA) is 84.7 Å². The lowest BCUT2D eigenvalue weighted by Gasteiger charge is -2.10. The Morgan fingerprint density at radius 1 is 1.00 bits per heavy atom. The van der Waals surface area contributed by atoms with E-state index in [9.17, 15) is 9.59 Å². The van der Waals surface area contributed by atoms with Crippen molar-refractivity contribution in [3.63, 3.8) is 0 Å². The number of benzene rings is 2. The zero-order valence-corrected chi connectivity index (χ0v) is 19.0. The molecule has 0 aliphatic carbocycles. The molecule has 166 valence electrons. The number of nitrogens with zero attached hydrogens (tertiary/aromatic N) is 2. The fourth-order valence-electron chi connectivity index (χ4n) is 3.43. The number of rotatable bonds is 7. The van der Waals surface area contributed by atoms with Crippen LogP contribution < -0.4 is 10.7 Å². The van der Waals surface area contributed by atoms with Crippen molar-refractivity contribution in [2.75, 3.05) is 19.0 Å². The first-order chi connectivity index (χ1) is 15.3. The van der Waals surface area contributed by atoms with Gasteiger partial charge in [0.25, 0.3) is 5.91 Å². The third-order valence-electron chi connectivity index (χ3n) is 5.37. The lowest BCUT2D eigenvalue weighted by atomic mass is 10.1. The predicted octanol–water partition coefficient (Wildman–Crippen LogP) is 4.06. The van der Waals surface area contributed by atoms with Crippen LogP contribution in [-0.4, -0.2) is 36.3 Å². The van der Waals surface area contributed by atoms with Gasteiger partial charge in [-0.2, -0.15) is 5.10 Å². The summed E-state index contributed by atoms with van der Waals surface area (Å²) >= 11 is 0. The predicted molar refractivity (Wildman–Crippen MR) is 127 cm³/mol. The van der Waals surface area contributed by atoms with Gasteiger partial charge < -0.3 is 14.6 Å². The van der Waals surface area contributed by atoms with E-state index in [-0.39, 0.29) is 18.4 Å². The molecule has 0 bridgehead atoms. The molecule has 32 heavy (non-hydrogen) atoms. The molecule has 0 saturated heterocycles. The molecule has 7 heteroatoms. The van der Waals surface area contributed by atoms with Crippen molar-refractivity contribution in [2.24, 2.45) is 5.10 Å². The van der Waals surface area contributed by atoms with Crippen LogP contribution in [0.5, 0.6) is 0 Å². The average molecular weight is 433 g/mol. The first-order valence-corrected chi connectivity index (χ1v) is 10.3.